The summed E-state index contributed by atoms with van der Waals surface area (Å²) < 4.78 is 14.6. The van der Waals surface area contributed by atoms with Crippen molar-refractivity contribution in [1.82, 2.24) is 0 Å². The van der Waals surface area contributed by atoms with Gasteiger partial charge in [-0.2, -0.15) is 0 Å². The molecule has 2 aromatic rings. The van der Waals surface area contributed by atoms with E-state index in [2.05, 4.69) is 20.8 Å². The maximum absolute atomic E-state index is 14.6. The molecule has 0 N–H and O–H groups in total. The van der Waals surface area contributed by atoms with E-state index in [0.29, 0.717) is 30.4 Å². The second-order valence-electron chi connectivity index (χ2n) is 9.92. The van der Waals surface area contributed by atoms with E-state index in [1.807, 2.05) is 65.0 Å². The molecule has 2 atom stereocenters. The highest BCUT2D eigenvalue weighted by atomic mass is 31.2. The summed E-state index contributed by atoms with van der Waals surface area (Å²) in [4.78, 5) is 28.0. The van der Waals surface area contributed by atoms with Crippen molar-refractivity contribution < 1.29 is 14.2 Å². The molecule has 32 heavy (non-hydrogen) atoms. The highest BCUT2D eigenvalue weighted by Gasteiger charge is 2.46. The van der Waals surface area contributed by atoms with Crippen LogP contribution in [-0.4, -0.2) is 16.7 Å². The minimum Gasteiger partial charge on any atom is -0.306 e. The van der Waals surface area contributed by atoms with Crippen LogP contribution in [0.4, 0.5) is 0 Å². The molecule has 0 fully saturated rings. The standard InChI is InChI=1S/C28H39O3P/c1-10-20(6)32(31,27(30)25-21(11-2)14-13-15-22(25)12-3)26(29)24-18(4)16-23(17-19(24)5)28(7,8)9/h13-17,20H,10-12H2,1-9H3. The summed E-state index contributed by atoms with van der Waals surface area (Å²) in [5.74, 6) is 0. The minimum atomic E-state index is -3.90. The first-order valence-electron chi connectivity index (χ1n) is 11.8. The molecule has 174 valence electrons. The zero-order valence-corrected chi connectivity index (χ0v) is 22.2. The van der Waals surface area contributed by atoms with Crippen LogP contribution < -0.4 is 0 Å². The highest BCUT2D eigenvalue weighted by Crippen LogP contribution is 2.58. The van der Waals surface area contributed by atoms with Gasteiger partial charge in [0.2, 0.25) is 18.2 Å². The van der Waals surface area contributed by atoms with Gasteiger partial charge in [0.05, 0.1) is 0 Å². The first-order valence-corrected chi connectivity index (χ1v) is 13.5. The molecular weight excluding hydrogens is 415 g/mol. The van der Waals surface area contributed by atoms with Gasteiger partial charge in [-0.05, 0) is 66.3 Å². The number of carbonyl (C=O) groups excluding carboxylic acids is 2. The third-order valence-corrected chi connectivity index (χ3v) is 9.90. The molecule has 0 spiro atoms. The Bertz CT molecular complexity index is 1030. The molecule has 0 bridgehead atoms. The number of hydrogen-bond acceptors (Lipinski definition) is 3. The minimum absolute atomic E-state index is 0.0661. The van der Waals surface area contributed by atoms with Gasteiger partial charge in [0.1, 0.15) is 0 Å². The summed E-state index contributed by atoms with van der Waals surface area (Å²) in [5, 5.41) is 0. The van der Waals surface area contributed by atoms with Crippen molar-refractivity contribution >= 4 is 18.2 Å². The molecule has 0 saturated carbocycles. The lowest BCUT2D eigenvalue weighted by atomic mass is 9.84. The second kappa shape index (κ2) is 9.87. The van der Waals surface area contributed by atoms with Crippen molar-refractivity contribution in [1.29, 1.82) is 0 Å². The van der Waals surface area contributed by atoms with Crippen LogP contribution in [0.3, 0.4) is 0 Å². The Labute approximate surface area is 194 Å². The zero-order valence-electron chi connectivity index (χ0n) is 21.3. The van der Waals surface area contributed by atoms with Crippen LogP contribution in [0, 0.1) is 13.8 Å². The van der Waals surface area contributed by atoms with Crippen molar-refractivity contribution in [3.63, 3.8) is 0 Å². The average Bonchev–Trinajstić information content (AvgIpc) is 2.75. The molecule has 0 aliphatic carbocycles. The number of benzene rings is 2. The Morgan fingerprint density at radius 2 is 1.31 bits per heavy atom. The molecule has 0 aliphatic rings. The summed E-state index contributed by atoms with van der Waals surface area (Å²) in [7, 11) is -3.90. The Balaban J connectivity index is 2.77. The van der Waals surface area contributed by atoms with Crippen molar-refractivity contribution in [3.05, 3.63) is 69.3 Å². The molecule has 0 heterocycles. The predicted molar refractivity (Wildman–Crippen MR) is 136 cm³/mol. The molecule has 4 heteroatoms. The van der Waals surface area contributed by atoms with Gasteiger partial charge in [-0.3, -0.25) is 9.59 Å². The molecule has 0 amide bonds. The van der Waals surface area contributed by atoms with E-state index in [9.17, 15) is 14.2 Å². The lowest BCUT2D eigenvalue weighted by molar-refractivity contribution is 0.103. The zero-order chi connectivity index (χ0) is 24.4. The molecule has 0 aliphatic heterocycles. The Morgan fingerprint density at radius 3 is 1.69 bits per heavy atom. The van der Waals surface area contributed by atoms with E-state index in [-0.39, 0.29) is 5.41 Å². The molecule has 3 nitrogen and oxygen atoms in total. The van der Waals surface area contributed by atoms with Crippen LogP contribution in [0.2, 0.25) is 0 Å². The monoisotopic (exact) mass is 454 g/mol. The fraction of sp³-hybridized carbons (Fsp3) is 0.500. The number of hydrogen-bond donors (Lipinski definition) is 0. The maximum Gasteiger partial charge on any atom is 0.229 e. The summed E-state index contributed by atoms with van der Waals surface area (Å²) in [5.41, 5.74) is 3.83. The SMILES string of the molecule is CCc1cccc(CC)c1C(=O)P(=O)(C(=O)c1c(C)cc(C(C)(C)C)cc1C)C(C)CC. The topological polar surface area (TPSA) is 51.2 Å². The van der Waals surface area contributed by atoms with Gasteiger partial charge in [-0.15, -0.1) is 0 Å². The number of aryl methyl sites for hydroxylation is 4. The van der Waals surface area contributed by atoms with E-state index < -0.39 is 23.8 Å². The van der Waals surface area contributed by atoms with Gasteiger partial charge in [0.15, 0.2) is 0 Å². The molecule has 0 saturated heterocycles. The van der Waals surface area contributed by atoms with E-state index in [4.69, 9.17) is 0 Å². The van der Waals surface area contributed by atoms with Crippen LogP contribution in [0.5, 0.6) is 0 Å². The molecule has 2 aromatic carbocycles. The van der Waals surface area contributed by atoms with Crippen LogP contribution >= 0.6 is 7.14 Å². The van der Waals surface area contributed by atoms with Crippen molar-refractivity contribution in [2.24, 2.45) is 0 Å². The Morgan fingerprint density at radius 1 is 0.875 bits per heavy atom. The summed E-state index contributed by atoms with van der Waals surface area (Å²) in [6, 6.07) is 9.76. The normalized spacial score (nSPS) is 14.7. The lowest BCUT2D eigenvalue weighted by Gasteiger charge is -2.26. The van der Waals surface area contributed by atoms with Gasteiger partial charge < -0.3 is 4.57 Å². The largest absolute Gasteiger partial charge is 0.306 e. The van der Waals surface area contributed by atoms with Gasteiger partial charge in [0, 0.05) is 16.8 Å². The van der Waals surface area contributed by atoms with E-state index in [0.717, 1.165) is 27.8 Å². The molecule has 2 unspecified atom stereocenters. The third kappa shape index (κ3) is 4.69. The van der Waals surface area contributed by atoms with Gasteiger partial charge in [-0.25, -0.2) is 0 Å². The van der Waals surface area contributed by atoms with E-state index in [1.165, 1.54) is 0 Å². The van der Waals surface area contributed by atoms with Crippen LogP contribution in [0.25, 0.3) is 0 Å². The molecule has 2 rings (SSSR count). The fourth-order valence-corrected chi connectivity index (χ4v) is 7.14. The van der Waals surface area contributed by atoms with Crippen molar-refractivity contribution in [3.8, 4) is 0 Å². The smallest absolute Gasteiger partial charge is 0.229 e. The predicted octanol–water partition coefficient (Wildman–Crippen LogP) is 7.87. The lowest BCUT2D eigenvalue weighted by Crippen LogP contribution is -2.23. The van der Waals surface area contributed by atoms with Gasteiger partial charge >= 0.3 is 0 Å². The summed E-state index contributed by atoms with van der Waals surface area (Å²) >= 11 is 0. The van der Waals surface area contributed by atoms with Crippen molar-refractivity contribution in [2.75, 3.05) is 0 Å². The van der Waals surface area contributed by atoms with Gasteiger partial charge in [0.25, 0.3) is 0 Å². The third-order valence-electron chi connectivity index (χ3n) is 6.64. The summed E-state index contributed by atoms with van der Waals surface area (Å²) in [6.07, 6.45) is 1.81. The average molecular weight is 455 g/mol. The second-order valence-corrected chi connectivity index (χ2v) is 12.9. The van der Waals surface area contributed by atoms with Gasteiger partial charge in [-0.1, -0.05) is 78.8 Å². The maximum atomic E-state index is 14.6. The number of rotatable bonds is 8. The highest BCUT2D eigenvalue weighted by molar-refractivity contribution is 7.95. The molecule has 0 aromatic heterocycles. The van der Waals surface area contributed by atoms with Crippen LogP contribution in [0.15, 0.2) is 30.3 Å². The summed E-state index contributed by atoms with van der Waals surface area (Å²) in [6.45, 7) is 17.8. The van der Waals surface area contributed by atoms with E-state index >= 15 is 0 Å². The number of carbonyl (C=O) groups is 2. The molecule has 0 radical (unpaired) electrons. The van der Waals surface area contributed by atoms with Crippen LogP contribution in [0.1, 0.15) is 103 Å². The van der Waals surface area contributed by atoms with Crippen molar-refractivity contribution in [2.45, 2.75) is 92.7 Å². The van der Waals surface area contributed by atoms with Crippen LogP contribution in [-0.2, 0) is 22.8 Å². The quantitative estimate of drug-likeness (QED) is 0.381. The fourth-order valence-electron chi connectivity index (χ4n) is 4.33. The Kier molecular flexibility index (Phi) is 8.10. The molecular formula is C28H39O3P. The first kappa shape index (κ1) is 26.3. The van der Waals surface area contributed by atoms with E-state index in [1.54, 1.807) is 6.92 Å². The first-order chi connectivity index (χ1) is 14.8. The Hall–Kier alpha value is -1.99.